The molecule has 0 spiro atoms. The maximum absolute atomic E-state index is 5.89. The van der Waals surface area contributed by atoms with Crippen molar-refractivity contribution in [3.05, 3.63) is 46.0 Å². The van der Waals surface area contributed by atoms with Crippen molar-refractivity contribution in [2.45, 2.75) is 0 Å². The molecule has 17 heavy (non-hydrogen) atoms. The SMILES string of the molecule is Nc1cccc2[nH]c(-c3ccc(I)cc3)nc12. The Morgan fingerprint density at radius 3 is 2.53 bits per heavy atom. The number of para-hydroxylation sites is 1. The molecule has 0 bridgehead atoms. The number of hydrogen-bond donors (Lipinski definition) is 2. The number of rotatable bonds is 1. The minimum absolute atomic E-state index is 0.704. The smallest absolute Gasteiger partial charge is 0.138 e. The van der Waals surface area contributed by atoms with Gasteiger partial charge in [0.1, 0.15) is 11.3 Å². The lowest BCUT2D eigenvalue weighted by molar-refractivity contribution is 1.33. The zero-order chi connectivity index (χ0) is 11.8. The van der Waals surface area contributed by atoms with Crippen LogP contribution in [-0.2, 0) is 0 Å². The minimum Gasteiger partial charge on any atom is -0.397 e. The van der Waals surface area contributed by atoms with E-state index < -0.39 is 0 Å². The molecule has 0 saturated heterocycles. The fraction of sp³-hybridized carbons (Fsp3) is 0. The lowest BCUT2D eigenvalue weighted by atomic mass is 10.2. The summed E-state index contributed by atoms with van der Waals surface area (Å²) in [7, 11) is 0. The Morgan fingerprint density at radius 2 is 1.82 bits per heavy atom. The third kappa shape index (κ3) is 1.88. The molecule has 0 aliphatic rings. The van der Waals surface area contributed by atoms with Crippen molar-refractivity contribution in [3.8, 4) is 11.4 Å². The Hall–Kier alpha value is -1.56. The predicted molar refractivity (Wildman–Crippen MR) is 78.7 cm³/mol. The van der Waals surface area contributed by atoms with Gasteiger partial charge in [-0.3, -0.25) is 0 Å². The fourth-order valence-electron chi connectivity index (χ4n) is 1.80. The van der Waals surface area contributed by atoms with Gasteiger partial charge in [0.25, 0.3) is 0 Å². The van der Waals surface area contributed by atoms with Crippen molar-refractivity contribution in [3.63, 3.8) is 0 Å². The molecule has 4 heteroatoms. The van der Waals surface area contributed by atoms with Crippen LogP contribution in [0, 0.1) is 3.57 Å². The molecule has 0 atom stereocenters. The van der Waals surface area contributed by atoms with Crippen LogP contribution >= 0.6 is 22.6 Å². The summed E-state index contributed by atoms with van der Waals surface area (Å²) in [6.45, 7) is 0. The van der Waals surface area contributed by atoms with E-state index in [-0.39, 0.29) is 0 Å². The quantitative estimate of drug-likeness (QED) is 0.529. The molecule has 0 aliphatic heterocycles. The van der Waals surface area contributed by atoms with Crippen molar-refractivity contribution in [1.82, 2.24) is 9.97 Å². The number of fused-ring (bicyclic) bond motifs is 1. The topological polar surface area (TPSA) is 54.7 Å². The number of anilines is 1. The van der Waals surface area contributed by atoms with Crippen LogP contribution in [0.5, 0.6) is 0 Å². The number of imidazole rings is 1. The van der Waals surface area contributed by atoms with Crippen molar-refractivity contribution >= 4 is 39.3 Å². The molecule has 3 nitrogen and oxygen atoms in total. The summed E-state index contributed by atoms with van der Waals surface area (Å²) >= 11 is 2.28. The molecule has 84 valence electrons. The van der Waals surface area contributed by atoms with Crippen LogP contribution in [0.25, 0.3) is 22.4 Å². The lowest BCUT2D eigenvalue weighted by Gasteiger charge is -1.95. The second kappa shape index (κ2) is 4.03. The fourth-order valence-corrected chi connectivity index (χ4v) is 2.16. The first kappa shape index (κ1) is 10.6. The maximum atomic E-state index is 5.89. The second-order valence-corrected chi connectivity index (χ2v) is 5.08. The summed E-state index contributed by atoms with van der Waals surface area (Å²) < 4.78 is 1.21. The molecule has 0 aliphatic carbocycles. The van der Waals surface area contributed by atoms with Gasteiger partial charge in [-0.2, -0.15) is 0 Å². The van der Waals surface area contributed by atoms with Crippen LogP contribution in [0.2, 0.25) is 0 Å². The van der Waals surface area contributed by atoms with Gasteiger partial charge in [-0.1, -0.05) is 18.2 Å². The van der Waals surface area contributed by atoms with E-state index in [2.05, 4.69) is 56.8 Å². The molecule has 2 aromatic carbocycles. The van der Waals surface area contributed by atoms with Crippen LogP contribution in [0.15, 0.2) is 42.5 Å². The highest BCUT2D eigenvalue weighted by Gasteiger charge is 2.06. The van der Waals surface area contributed by atoms with Gasteiger partial charge in [-0.25, -0.2) is 4.98 Å². The molecule has 0 saturated carbocycles. The Bertz CT molecular complexity index is 671. The van der Waals surface area contributed by atoms with Gasteiger partial charge in [0.15, 0.2) is 0 Å². The molecule has 3 N–H and O–H groups in total. The highest BCUT2D eigenvalue weighted by atomic mass is 127. The largest absolute Gasteiger partial charge is 0.397 e. The van der Waals surface area contributed by atoms with E-state index in [0.29, 0.717) is 5.69 Å². The average molecular weight is 335 g/mol. The van der Waals surface area contributed by atoms with E-state index in [1.807, 2.05) is 18.2 Å². The second-order valence-electron chi connectivity index (χ2n) is 3.84. The van der Waals surface area contributed by atoms with Crippen molar-refractivity contribution in [2.24, 2.45) is 0 Å². The molecular weight excluding hydrogens is 325 g/mol. The summed E-state index contributed by atoms with van der Waals surface area (Å²) in [6.07, 6.45) is 0. The van der Waals surface area contributed by atoms with Crippen LogP contribution in [-0.4, -0.2) is 9.97 Å². The van der Waals surface area contributed by atoms with Crippen molar-refractivity contribution in [2.75, 3.05) is 5.73 Å². The Morgan fingerprint density at radius 1 is 1.06 bits per heavy atom. The molecule has 3 aromatic rings. The summed E-state index contributed by atoms with van der Waals surface area (Å²) in [6, 6.07) is 14.0. The number of halogens is 1. The number of nitrogen functional groups attached to an aromatic ring is 1. The van der Waals surface area contributed by atoms with Gasteiger partial charge in [0.2, 0.25) is 0 Å². The Labute approximate surface area is 112 Å². The first-order valence-corrected chi connectivity index (χ1v) is 6.32. The van der Waals surface area contributed by atoms with E-state index in [1.165, 1.54) is 3.57 Å². The number of H-pyrrole nitrogens is 1. The van der Waals surface area contributed by atoms with E-state index in [9.17, 15) is 0 Å². The number of nitrogens with two attached hydrogens (primary N) is 1. The molecule has 0 fully saturated rings. The lowest BCUT2D eigenvalue weighted by Crippen LogP contribution is -1.85. The number of aromatic amines is 1. The van der Waals surface area contributed by atoms with Gasteiger partial charge < -0.3 is 10.7 Å². The van der Waals surface area contributed by atoms with E-state index in [4.69, 9.17) is 5.73 Å². The number of nitrogens with zero attached hydrogens (tertiary/aromatic N) is 1. The molecule has 0 amide bonds. The first-order valence-electron chi connectivity index (χ1n) is 5.24. The monoisotopic (exact) mass is 335 g/mol. The average Bonchev–Trinajstić information content (AvgIpc) is 2.75. The van der Waals surface area contributed by atoms with E-state index in [1.54, 1.807) is 0 Å². The zero-order valence-electron chi connectivity index (χ0n) is 8.94. The highest BCUT2D eigenvalue weighted by Crippen LogP contribution is 2.24. The maximum Gasteiger partial charge on any atom is 0.138 e. The third-order valence-electron chi connectivity index (χ3n) is 2.66. The molecule has 1 heterocycles. The molecule has 3 rings (SSSR count). The van der Waals surface area contributed by atoms with Crippen molar-refractivity contribution < 1.29 is 0 Å². The number of hydrogen-bond acceptors (Lipinski definition) is 2. The molecule has 1 aromatic heterocycles. The first-order chi connectivity index (χ1) is 8.24. The molecule has 0 radical (unpaired) electrons. The van der Waals surface area contributed by atoms with Crippen molar-refractivity contribution in [1.29, 1.82) is 0 Å². The Balaban J connectivity index is 2.18. The van der Waals surface area contributed by atoms with Gasteiger partial charge in [0, 0.05) is 9.13 Å². The van der Waals surface area contributed by atoms with Gasteiger partial charge in [0.05, 0.1) is 11.2 Å². The van der Waals surface area contributed by atoms with Crippen LogP contribution < -0.4 is 5.73 Å². The minimum atomic E-state index is 0.704. The highest BCUT2D eigenvalue weighted by molar-refractivity contribution is 14.1. The summed E-state index contributed by atoms with van der Waals surface area (Å²) in [5.41, 5.74) is 9.47. The third-order valence-corrected chi connectivity index (χ3v) is 3.38. The molecular formula is C13H10IN3. The number of aromatic nitrogens is 2. The van der Waals surface area contributed by atoms with Crippen LogP contribution in [0.3, 0.4) is 0 Å². The van der Waals surface area contributed by atoms with Gasteiger partial charge in [-0.15, -0.1) is 0 Å². The summed E-state index contributed by atoms with van der Waals surface area (Å²) in [5, 5.41) is 0. The summed E-state index contributed by atoms with van der Waals surface area (Å²) in [4.78, 5) is 7.81. The Kier molecular flexibility index (Phi) is 2.51. The normalized spacial score (nSPS) is 10.9. The van der Waals surface area contributed by atoms with Crippen LogP contribution in [0.1, 0.15) is 0 Å². The van der Waals surface area contributed by atoms with E-state index in [0.717, 1.165) is 22.4 Å². The predicted octanol–water partition coefficient (Wildman–Crippen LogP) is 3.42. The zero-order valence-corrected chi connectivity index (χ0v) is 11.1. The number of benzene rings is 2. The van der Waals surface area contributed by atoms with Gasteiger partial charge >= 0.3 is 0 Å². The van der Waals surface area contributed by atoms with Gasteiger partial charge in [-0.05, 0) is 46.9 Å². The van der Waals surface area contributed by atoms with Crippen LogP contribution in [0.4, 0.5) is 5.69 Å². The summed E-state index contributed by atoms with van der Waals surface area (Å²) in [5.74, 6) is 0.856. The standard InChI is InChI=1S/C13H10IN3/c14-9-6-4-8(5-7-9)13-16-11-3-1-2-10(15)12(11)17-13/h1-7H,15H2,(H,16,17). The van der Waals surface area contributed by atoms with E-state index >= 15 is 0 Å². The number of nitrogens with one attached hydrogen (secondary N) is 1. The molecule has 0 unspecified atom stereocenters.